The molecule has 1 saturated carbocycles. The third-order valence-electron chi connectivity index (χ3n) is 4.96. The summed E-state index contributed by atoms with van der Waals surface area (Å²) in [4.78, 5) is 5.01. The molecule has 0 amide bonds. The van der Waals surface area contributed by atoms with E-state index >= 15 is 0 Å². The van der Waals surface area contributed by atoms with Crippen LogP contribution in [0.15, 0.2) is 0 Å². The smallest absolute Gasteiger partial charge is 0.0360 e. The normalized spacial score (nSPS) is 28.3. The first-order chi connectivity index (χ1) is 9.10. The van der Waals surface area contributed by atoms with E-state index < -0.39 is 0 Å². The summed E-state index contributed by atoms with van der Waals surface area (Å²) >= 11 is 0. The van der Waals surface area contributed by atoms with Crippen molar-refractivity contribution in [3.05, 3.63) is 0 Å². The zero-order valence-electron chi connectivity index (χ0n) is 13.6. The van der Waals surface area contributed by atoms with E-state index in [1.165, 1.54) is 45.1 Å². The summed E-state index contributed by atoms with van der Waals surface area (Å²) in [6.07, 6.45) is 7.93. The molecular formula is C16H35N3. The summed E-state index contributed by atoms with van der Waals surface area (Å²) in [6.45, 7) is 8.96. The van der Waals surface area contributed by atoms with Crippen molar-refractivity contribution in [2.24, 2.45) is 11.7 Å². The Bertz CT molecular complexity index is 242. The number of nitrogens with zero attached hydrogens (tertiary/aromatic N) is 2. The Hall–Kier alpha value is -0.120. The number of rotatable bonds is 8. The Morgan fingerprint density at radius 3 is 2.37 bits per heavy atom. The lowest BCUT2D eigenvalue weighted by atomic mass is 9.70. The van der Waals surface area contributed by atoms with Crippen molar-refractivity contribution in [3.63, 3.8) is 0 Å². The van der Waals surface area contributed by atoms with Crippen LogP contribution >= 0.6 is 0 Å². The first-order valence-corrected chi connectivity index (χ1v) is 8.20. The molecule has 114 valence electrons. The van der Waals surface area contributed by atoms with E-state index in [1.807, 2.05) is 0 Å². The van der Waals surface area contributed by atoms with Crippen molar-refractivity contribution >= 4 is 0 Å². The molecule has 19 heavy (non-hydrogen) atoms. The van der Waals surface area contributed by atoms with Gasteiger partial charge in [0.1, 0.15) is 0 Å². The predicted octanol–water partition coefficient (Wildman–Crippen LogP) is 2.56. The number of nitrogens with two attached hydrogens (primary N) is 1. The van der Waals surface area contributed by atoms with Crippen LogP contribution in [0.5, 0.6) is 0 Å². The summed E-state index contributed by atoms with van der Waals surface area (Å²) in [5, 5.41) is 0. The fourth-order valence-electron chi connectivity index (χ4n) is 3.84. The molecule has 1 aliphatic carbocycles. The third kappa shape index (κ3) is 4.17. The molecule has 0 aromatic carbocycles. The zero-order valence-corrected chi connectivity index (χ0v) is 13.6. The van der Waals surface area contributed by atoms with Gasteiger partial charge in [0, 0.05) is 25.2 Å². The van der Waals surface area contributed by atoms with Crippen molar-refractivity contribution in [2.75, 3.05) is 40.3 Å². The van der Waals surface area contributed by atoms with E-state index in [0.29, 0.717) is 0 Å². The second-order valence-electron chi connectivity index (χ2n) is 6.45. The van der Waals surface area contributed by atoms with E-state index in [0.717, 1.165) is 25.6 Å². The highest BCUT2D eigenvalue weighted by atomic mass is 15.2. The van der Waals surface area contributed by atoms with Crippen LogP contribution in [0.25, 0.3) is 0 Å². The van der Waals surface area contributed by atoms with Crippen LogP contribution in [0.1, 0.15) is 52.4 Å². The molecule has 0 heterocycles. The molecule has 0 aliphatic heterocycles. The van der Waals surface area contributed by atoms with Gasteiger partial charge in [0.25, 0.3) is 0 Å². The molecule has 3 nitrogen and oxygen atoms in total. The van der Waals surface area contributed by atoms with E-state index in [-0.39, 0.29) is 5.54 Å². The topological polar surface area (TPSA) is 32.5 Å². The van der Waals surface area contributed by atoms with Crippen LogP contribution in [-0.2, 0) is 0 Å². The van der Waals surface area contributed by atoms with Gasteiger partial charge >= 0.3 is 0 Å². The van der Waals surface area contributed by atoms with Crippen LogP contribution in [0.4, 0.5) is 0 Å². The standard InChI is InChI=1S/C16H35N3/c1-5-11-19(13-12-18(3)4)16(14-17)10-8-7-9-15(16)6-2/h15H,5-14,17H2,1-4H3. The largest absolute Gasteiger partial charge is 0.329 e. The van der Waals surface area contributed by atoms with Crippen LogP contribution < -0.4 is 5.73 Å². The Morgan fingerprint density at radius 2 is 1.84 bits per heavy atom. The average Bonchev–Trinajstić information content (AvgIpc) is 2.42. The first-order valence-electron chi connectivity index (χ1n) is 8.20. The Morgan fingerprint density at radius 1 is 1.11 bits per heavy atom. The van der Waals surface area contributed by atoms with E-state index in [9.17, 15) is 0 Å². The lowest BCUT2D eigenvalue weighted by Crippen LogP contribution is -2.61. The number of hydrogen-bond donors (Lipinski definition) is 1. The van der Waals surface area contributed by atoms with Gasteiger partial charge in [-0.2, -0.15) is 0 Å². The van der Waals surface area contributed by atoms with Gasteiger partial charge in [-0.1, -0.05) is 33.1 Å². The Balaban J connectivity index is 2.84. The molecule has 0 bridgehead atoms. The Labute approximate surface area is 120 Å². The molecule has 0 radical (unpaired) electrons. The minimum absolute atomic E-state index is 0.277. The van der Waals surface area contributed by atoms with Gasteiger partial charge in [0.05, 0.1) is 0 Å². The summed E-state index contributed by atoms with van der Waals surface area (Å²) in [5.41, 5.74) is 6.56. The Kier molecular flexibility index (Phi) is 7.33. The molecule has 2 N–H and O–H groups in total. The molecular weight excluding hydrogens is 234 g/mol. The highest BCUT2D eigenvalue weighted by Gasteiger charge is 2.42. The highest BCUT2D eigenvalue weighted by Crippen LogP contribution is 2.39. The third-order valence-corrected chi connectivity index (χ3v) is 4.96. The summed E-state index contributed by atoms with van der Waals surface area (Å²) < 4.78 is 0. The highest BCUT2D eigenvalue weighted by molar-refractivity contribution is 4.99. The predicted molar refractivity (Wildman–Crippen MR) is 84.5 cm³/mol. The van der Waals surface area contributed by atoms with Crippen LogP contribution in [0.2, 0.25) is 0 Å². The van der Waals surface area contributed by atoms with Crippen LogP contribution in [-0.4, -0.2) is 55.6 Å². The van der Waals surface area contributed by atoms with E-state index in [4.69, 9.17) is 5.73 Å². The van der Waals surface area contributed by atoms with E-state index in [2.05, 4.69) is 37.7 Å². The monoisotopic (exact) mass is 269 g/mol. The van der Waals surface area contributed by atoms with Gasteiger partial charge in [0.15, 0.2) is 0 Å². The number of likely N-dealkylation sites (N-methyl/N-ethyl adjacent to an activating group) is 1. The van der Waals surface area contributed by atoms with Crippen LogP contribution in [0.3, 0.4) is 0 Å². The van der Waals surface area contributed by atoms with Gasteiger partial charge in [0.2, 0.25) is 0 Å². The van der Waals surface area contributed by atoms with E-state index in [1.54, 1.807) is 0 Å². The fraction of sp³-hybridized carbons (Fsp3) is 1.00. The van der Waals surface area contributed by atoms with Crippen LogP contribution in [0, 0.1) is 5.92 Å². The number of hydrogen-bond acceptors (Lipinski definition) is 3. The second-order valence-corrected chi connectivity index (χ2v) is 6.45. The quantitative estimate of drug-likeness (QED) is 0.735. The molecule has 2 atom stereocenters. The van der Waals surface area contributed by atoms with Gasteiger partial charge in [-0.15, -0.1) is 0 Å². The molecule has 0 aromatic heterocycles. The van der Waals surface area contributed by atoms with Gasteiger partial charge < -0.3 is 10.6 Å². The van der Waals surface area contributed by atoms with Crippen molar-refractivity contribution < 1.29 is 0 Å². The minimum Gasteiger partial charge on any atom is -0.329 e. The second kappa shape index (κ2) is 8.23. The maximum absolute atomic E-state index is 6.29. The van der Waals surface area contributed by atoms with Gasteiger partial charge in [-0.05, 0) is 45.8 Å². The lowest BCUT2D eigenvalue weighted by molar-refractivity contribution is 0.000446. The maximum atomic E-state index is 6.29. The summed E-state index contributed by atoms with van der Waals surface area (Å²) in [6, 6.07) is 0. The molecule has 0 saturated heterocycles. The molecule has 1 fully saturated rings. The molecule has 0 aromatic rings. The molecule has 1 aliphatic rings. The SMILES string of the molecule is CCCN(CCN(C)C)C1(CN)CCCCC1CC. The van der Waals surface area contributed by atoms with Gasteiger partial charge in [-0.25, -0.2) is 0 Å². The molecule has 2 unspecified atom stereocenters. The minimum atomic E-state index is 0.277. The fourth-order valence-corrected chi connectivity index (χ4v) is 3.84. The molecule has 1 rings (SSSR count). The zero-order chi connectivity index (χ0) is 14.3. The molecule has 0 spiro atoms. The van der Waals surface area contributed by atoms with Gasteiger partial charge in [-0.3, -0.25) is 4.90 Å². The average molecular weight is 269 g/mol. The van der Waals surface area contributed by atoms with Crippen molar-refractivity contribution in [1.82, 2.24) is 9.80 Å². The summed E-state index contributed by atoms with van der Waals surface area (Å²) in [7, 11) is 4.33. The summed E-state index contributed by atoms with van der Waals surface area (Å²) in [5.74, 6) is 0.792. The lowest BCUT2D eigenvalue weighted by Gasteiger charge is -2.51. The van der Waals surface area contributed by atoms with Crippen molar-refractivity contribution in [1.29, 1.82) is 0 Å². The molecule has 3 heteroatoms. The van der Waals surface area contributed by atoms with Crippen molar-refractivity contribution in [2.45, 2.75) is 57.9 Å². The first kappa shape index (κ1) is 16.9. The maximum Gasteiger partial charge on any atom is 0.0360 e. The van der Waals surface area contributed by atoms with Crippen molar-refractivity contribution in [3.8, 4) is 0 Å².